The molecule has 1 aromatic heterocycles. The van der Waals surface area contributed by atoms with Crippen molar-refractivity contribution in [3.8, 4) is 0 Å². The molecule has 0 saturated carbocycles. The van der Waals surface area contributed by atoms with Crippen LogP contribution in [0.1, 0.15) is 17.4 Å². The van der Waals surface area contributed by atoms with Gasteiger partial charge < -0.3 is 10.3 Å². The fraction of sp³-hybridized carbons (Fsp3) is 0.250. The minimum Gasteiger partial charge on any atom is -0.338 e. The molecule has 0 fully saturated rings. The summed E-state index contributed by atoms with van der Waals surface area (Å²) in [6.07, 6.45) is 4.40. The van der Waals surface area contributed by atoms with Crippen LogP contribution in [0.2, 0.25) is 5.02 Å². The summed E-state index contributed by atoms with van der Waals surface area (Å²) in [5.41, 5.74) is 7.20. The minimum atomic E-state index is -0.0790. The monoisotopic (exact) mass is 313 g/mol. The van der Waals surface area contributed by atoms with Crippen molar-refractivity contribution in [2.45, 2.75) is 12.5 Å². The van der Waals surface area contributed by atoms with Gasteiger partial charge in [0.05, 0.1) is 5.02 Å². The molecule has 3 nitrogen and oxygen atoms in total. The van der Waals surface area contributed by atoms with Crippen molar-refractivity contribution in [3.05, 3.63) is 51.5 Å². The largest absolute Gasteiger partial charge is 0.338 e. The predicted octanol–water partition coefficient (Wildman–Crippen LogP) is 3.08. The highest BCUT2D eigenvalue weighted by molar-refractivity contribution is 9.10. The van der Waals surface area contributed by atoms with Crippen LogP contribution in [0.25, 0.3) is 0 Å². The number of aromatic nitrogens is 2. The van der Waals surface area contributed by atoms with Crippen molar-refractivity contribution >= 4 is 27.5 Å². The van der Waals surface area contributed by atoms with Gasteiger partial charge in [-0.1, -0.05) is 17.7 Å². The normalized spacial score (nSPS) is 12.7. The number of nitrogens with two attached hydrogens (primary N) is 1. The Kier molecular flexibility index (Phi) is 3.86. The summed E-state index contributed by atoms with van der Waals surface area (Å²) in [5.74, 6) is 0.976. The lowest BCUT2D eigenvalue weighted by Gasteiger charge is -2.12. The Morgan fingerprint density at radius 3 is 2.88 bits per heavy atom. The van der Waals surface area contributed by atoms with Gasteiger partial charge in [0.15, 0.2) is 0 Å². The fourth-order valence-electron chi connectivity index (χ4n) is 1.65. The summed E-state index contributed by atoms with van der Waals surface area (Å²) in [7, 11) is 1.97. The smallest absolute Gasteiger partial charge is 0.110 e. The number of hydrogen-bond donors (Lipinski definition) is 1. The van der Waals surface area contributed by atoms with Crippen LogP contribution < -0.4 is 5.73 Å². The van der Waals surface area contributed by atoms with Gasteiger partial charge in [0.2, 0.25) is 0 Å². The third-order valence-electron chi connectivity index (χ3n) is 2.70. The van der Waals surface area contributed by atoms with Crippen LogP contribution >= 0.6 is 27.5 Å². The first-order chi connectivity index (χ1) is 8.08. The van der Waals surface area contributed by atoms with Gasteiger partial charge >= 0.3 is 0 Å². The van der Waals surface area contributed by atoms with E-state index in [1.165, 1.54) is 0 Å². The molecule has 1 heterocycles. The molecule has 1 unspecified atom stereocenters. The van der Waals surface area contributed by atoms with Crippen LogP contribution in [-0.2, 0) is 13.5 Å². The van der Waals surface area contributed by atoms with E-state index in [2.05, 4.69) is 20.9 Å². The lowest BCUT2D eigenvalue weighted by Crippen LogP contribution is -2.15. The van der Waals surface area contributed by atoms with E-state index in [9.17, 15) is 0 Å². The minimum absolute atomic E-state index is 0.0790. The molecule has 0 saturated heterocycles. The van der Waals surface area contributed by atoms with E-state index in [0.29, 0.717) is 11.4 Å². The molecule has 0 amide bonds. The average molecular weight is 315 g/mol. The van der Waals surface area contributed by atoms with Crippen molar-refractivity contribution in [2.24, 2.45) is 12.8 Å². The van der Waals surface area contributed by atoms with Crippen molar-refractivity contribution in [2.75, 3.05) is 0 Å². The number of rotatable bonds is 3. The van der Waals surface area contributed by atoms with Gasteiger partial charge in [-0.3, -0.25) is 0 Å². The van der Waals surface area contributed by atoms with Gasteiger partial charge in [-0.25, -0.2) is 4.98 Å². The van der Waals surface area contributed by atoms with E-state index in [1.807, 2.05) is 36.0 Å². The van der Waals surface area contributed by atoms with Gasteiger partial charge in [0, 0.05) is 36.4 Å². The molecule has 0 aliphatic carbocycles. The highest BCUT2D eigenvalue weighted by Gasteiger charge is 2.11. The highest BCUT2D eigenvalue weighted by atomic mass is 79.9. The summed E-state index contributed by atoms with van der Waals surface area (Å²) in [5, 5.41) is 0.693. The maximum absolute atomic E-state index is 6.16. The second-order valence-corrected chi connectivity index (χ2v) is 5.20. The SMILES string of the molecule is Cn1ccnc1CC(N)c1ccc(Cl)c(Br)c1. The first-order valence-electron chi connectivity index (χ1n) is 5.24. The number of aryl methyl sites for hydroxylation is 1. The molecule has 17 heavy (non-hydrogen) atoms. The Morgan fingerprint density at radius 2 is 2.29 bits per heavy atom. The Balaban J connectivity index is 2.17. The number of nitrogens with zero attached hydrogens (tertiary/aromatic N) is 2. The third-order valence-corrected chi connectivity index (χ3v) is 3.91. The lowest BCUT2D eigenvalue weighted by molar-refractivity contribution is 0.659. The lowest BCUT2D eigenvalue weighted by atomic mass is 10.0. The molecule has 0 aliphatic heterocycles. The molecular formula is C12H13BrClN3. The number of halogens is 2. The Hall–Kier alpha value is -0.840. The van der Waals surface area contributed by atoms with E-state index in [4.69, 9.17) is 17.3 Å². The van der Waals surface area contributed by atoms with Crippen molar-refractivity contribution in [1.29, 1.82) is 0 Å². The van der Waals surface area contributed by atoms with Gasteiger partial charge in [-0.15, -0.1) is 0 Å². The Bertz CT molecular complexity index is 524. The third kappa shape index (κ3) is 2.89. The van der Waals surface area contributed by atoms with Crippen LogP contribution in [0, 0.1) is 0 Å². The van der Waals surface area contributed by atoms with Crippen molar-refractivity contribution in [3.63, 3.8) is 0 Å². The van der Waals surface area contributed by atoms with Crippen molar-refractivity contribution < 1.29 is 0 Å². The molecule has 0 bridgehead atoms. The molecule has 0 radical (unpaired) electrons. The molecule has 5 heteroatoms. The average Bonchev–Trinajstić information content (AvgIpc) is 2.68. The zero-order valence-electron chi connectivity index (χ0n) is 9.40. The summed E-state index contributed by atoms with van der Waals surface area (Å²) < 4.78 is 2.84. The molecule has 2 N–H and O–H groups in total. The summed E-state index contributed by atoms with van der Waals surface area (Å²) in [6, 6.07) is 5.67. The molecule has 2 rings (SSSR count). The van der Waals surface area contributed by atoms with E-state index >= 15 is 0 Å². The van der Waals surface area contributed by atoms with E-state index in [1.54, 1.807) is 6.20 Å². The van der Waals surface area contributed by atoms with Crippen LogP contribution in [0.4, 0.5) is 0 Å². The zero-order chi connectivity index (χ0) is 12.4. The summed E-state index contributed by atoms with van der Waals surface area (Å²) >= 11 is 9.35. The second-order valence-electron chi connectivity index (χ2n) is 3.94. The molecule has 2 aromatic rings. The van der Waals surface area contributed by atoms with Crippen LogP contribution in [0.5, 0.6) is 0 Å². The molecule has 1 atom stereocenters. The second kappa shape index (κ2) is 5.21. The van der Waals surface area contributed by atoms with Crippen molar-refractivity contribution in [1.82, 2.24) is 9.55 Å². The summed E-state index contributed by atoms with van der Waals surface area (Å²) in [4.78, 5) is 4.27. The number of imidazole rings is 1. The predicted molar refractivity (Wildman–Crippen MR) is 73.0 cm³/mol. The highest BCUT2D eigenvalue weighted by Crippen LogP contribution is 2.26. The Morgan fingerprint density at radius 1 is 1.53 bits per heavy atom. The van der Waals surface area contributed by atoms with Gasteiger partial charge in [-0.05, 0) is 33.6 Å². The maximum atomic E-state index is 6.16. The summed E-state index contributed by atoms with van der Waals surface area (Å²) in [6.45, 7) is 0. The molecular weight excluding hydrogens is 302 g/mol. The first kappa shape index (κ1) is 12.6. The molecule has 90 valence electrons. The van der Waals surface area contributed by atoms with Gasteiger partial charge in [0.25, 0.3) is 0 Å². The Labute approximate surface area is 114 Å². The molecule has 0 aliphatic rings. The van der Waals surface area contributed by atoms with Crippen LogP contribution in [0.3, 0.4) is 0 Å². The first-order valence-corrected chi connectivity index (χ1v) is 6.41. The number of hydrogen-bond acceptors (Lipinski definition) is 2. The topological polar surface area (TPSA) is 43.8 Å². The van der Waals surface area contributed by atoms with E-state index in [-0.39, 0.29) is 6.04 Å². The van der Waals surface area contributed by atoms with E-state index < -0.39 is 0 Å². The van der Waals surface area contributed by atoms with Crippen LogP contribution in [0.15, 0.2) is 35.1 Å². The van der Waals surface area contributed by atoms with E-state index in [0.717, 1.165) is 15.9 Å². The molecule has 1 aromatic carbocycles. The zero-order valence-corrected chi connectivity index (χ0v) is 11.7. The standard InChI is InChI=1S/C12H13BrClN3/c1-17-5-4-16-12(17)7-11(15)8-2-3-10(14)9(13)6-8/h2-6,11H,7,15H2,1H3. The number of benzene rings is 1. The quantitative estimate of drug-likeness (QED) is 0.946. The maximum Gasteiger partial charge on any atom is 0.110 e. The fourth-order valence-corrected chi connectivity index (χ4v) is 2.16. The molecule has 0 spiro atoms. The van der Waals surface area contributed by atoms with Gasteiger partial charge in [-0.2, -0.15) is 0 Å². The van der Waals surface area contributed by atoms with Gasteiger partial charge in [0.1, 0.15) is 5.82 Å². The van der Waals surface area contributed by atoms with Crippen LogP contribution in [-0.4, -0.2) is 9.55 Å².